The molecule has 0 saturated carbocycles. The highest BCUT2D eigenvalue weighted by molar-refractivity contribution is 5.85. The van der Waals surface area contributed by atoms with Crippen molar-refractivity contribution >= 4 is 17.6 Å². The van der Waals surface area contributed by atoms with Gasteiger partial charge in [-0.15, -0.1) is 0 Å². The van der Waals surface area contributed by atoms with Gasteiger partial charge in [0.25, 0.3) is 5.78 Å². The van der Waals surface area contributed by atoms with E-state index in [1.54, 1.807) is 4.52 Å². The minimum atomic E-state index is -0.311. The lowest BCUT2D eigenvalue weighted by Gasteiger charge is -2.20. The number of aromatic nitrogens is 4. The molecule has 0 fully saturated rings. The van der Waals surface area contributed by atoms with Crippen LogP contribution in [0.1, 0.15) is 44.1 Å². The fourth-order valence-corrected chi connectivity index (χ4v) is 2.49. The van der Waals surface area contributed by atoms with Gasteiger partial charge in [0.1, 0.15) is 6.33 Å². The van der Waals surface area contributed by atoms with Crippen molar-refractivity contribution in [3.05, 3.63) is 23.3 Å². The first-order chi connectivity index (χ1) is 11.2. The van der Waals surface area contributed by atoms with E-state index in [1.165, 1.54) is 6.33 Å². The Morgan fingerprint density at radius 1 is 1.21 bits per heavy atom. The van der Waals surface area contributed by atoms with Gasteiger partial charge in [0.15, 0.2) is 0 Å². The van der Waals surface area contributed by atoms with Gasteiger partial charge in [-0.25, -0.2) is 9.50 Å². The fourth-order valence-electron chi connectivity index (χ4n) is 2.49. The topological polar surface area (TPSA) is 101 Å². The first-order valence-electron chi connectivity index (χ1n) is 7.91. The molecule has 2 rings (SSSR count). The van der Waals surface area contributed by atoms with E-state index in [2.05, 4.69) is 25.7 Å². The van der Waals surface area contributed by atoms with Gasteiger partial charge in [0.2, 0.25) is 11.8 Å². The molecule has 2 N–H and O–H groups in total. The summed E-state index contributed by atoms with van der Waals surface area (Å²) in [6.45, 7) is 9.49. The van der Waals surface area contributed by atoms with E-state index >= 15 is 0 Å². The Morgan fingerprint density at radius 3 is 2.58 bits per heavy atom. The highest BCUT2D eigenvalue weighted by Gasteiger charge is 2.15. The van der Waals surface area contributed by atoms with E-state index in [0.29, 0.717) is 12.2 Å². The van der Waals surface area contributed by atoms with Crippen molar-refractivity contribution in [3.63, 3.8) is 0 Å². The van der Waals surface area contributed by atoms with Crippen molar-refractivity contribution in [2.75, 3.05) is 6.54 Å². The zero-order valence-electron chi connectivity index (χ0n) is 14.8. The Bertz CT molecular complexity index is 760. The summed E-state index contributed by atoms with van der Waals surface area (Å²) in [7, 11) is 0. The Labute approximate surface area is 141 Å². The molecule has 0 atom stereocenters. The molecule has 8 nitrogen and oxygen atoms in total. The summed E-state index contributed by atoms with van der Waals surface area (Å²) in [5.74, 6) is 0.183. The first-order valence-corrected chi connectivity index (χ1v) is 7.91. The van der Waals surface area contributed by atoms with Gasteiger partial charge in [-0.05, 0) is 46.6 Å². The first kappa shape index (κ1) is 17.8. The van der Waals surface area contributed by atoms with Crippen molar-refractivity contribution in [1.29, 1.82) is 0 Å². The lowest BCUT2D eigenvalue weighted by molar-refractivity contribution is -0.126. The Kier molecular flexibility index (Phi) is 5.16. The number of carbonyl (C=O) groups excluding carboxylic acids is 2. The molecule has 2 aromatic rings. The summed E-state index contributed by atoms with van der Waals surface area (Å²) >= 11 is 0. The van der Waals surface area contributed by atoms with E-state index in [1.807, 2.05) is 34.6 Å². The number of nitrogens with zero attached hydrogens (tertiary/aromatic N) is 4. The molecule has 0 bridgehead atoms. The number of hydrogen-bond acceptors (Lipinski definition) is 5. The Balaban J connectivity index is 1.91. The largest absolute Gasteiger partial charge is 0.350 e. The summed E-state index contributed by atoms with van der Waals surface area (Å²) in [6.07, 6.45) is 2.28. The van der Waals surface area contributed by atoms with Crippen LogP contribution in [-0.4, -0.2) is 43.5 Å². The monoisotopic (exact) mass is 332 g/mol. The number of rotatable bonds is 5. The van der Waals surface area contributed by atoms with Crippen molar-refractivity contribution < 1.29 is 9.59 Å². The van der Waals surface area contributed by atoms with E-state index in [9.17, 15) is 9.59 Å². The normalized spacial score (nSPS) is 11.5. The molecule has 0 unspecified atom stereocenters. The molecule has 8 heteroatoms. The molecule has 0 radical (unpaired) electrons. The third-order valence-corrected chi connectivity index (χ3v) is 3.55. The second-order valence-electron chi connectivity index (χ2n) is 6.81. The van der Waals surface area contributed by atoms with Gasteiger partial charge >= 0.3 is 0 Å². The smallest absolute Gasteiger partial charge is 0.252 e. The third-order valence-electron chi connectivity index (χ3n) is 3.55. The Morgan fingerprint density at radius 2 is 1.92 bits per heavy atom. The Hall–Kier alpha value is -2.51. The number of aryl methyl sites for hydroxylation is 2. The molecule has 0 aliphatic carbocycles. The highest BCUT2D eigenvalue weighted by Crippen LogP contribution is 2.14. The second kappa shape index (κ2) is 6.94. The van der Waals surface area contributed by atoms with Crippen LogP contribution in [0.5, 0.6) is 0 Å². The maximum absolute atomic E-state index is 12.0. The molecule has 0 aromatic carbocycles. The number of amides is 2. The molecule has 2 amide bonds. The average molecular weight is 332 g/mol. The van der Waals surface area contributed by atoms with E-state index in [-0.39, 0.29) is 30.3 Å². The van der Waals surface area contributed by atoms with Crippen molar-refractivity contribution in [2.24, 2.45) is 0 Å². The number of carbonyl (C=O) groups is 2. The predicted molar refractivity (Wildman–Crippen MR) is 89.5 cm³/mol. The molecule has 0 saturated heterocycles. The van der Waals surface area contributed by atoms with Gasteiger partial charge in [-0.2, -0.15) is 10.1 Å². The van der Waals surface area contributed by atoms with E-state index in [0.717, 1.165) is 17.0 Å². The van der Waals surface area contributed by atoms with Gasteiger partial charge in [0.05, 0.1) is 6.54 Å². The number of hydrogen-bond donors (Lipinski definition) is 2. The van der Waals surface area contributed by atoms with Crippen LogP contribution in [0.4, 0.5) is 0 Å². The molecule has 0 spiro atoms. The fraction of sp³-hybridized carbons (Fsp3) is 0.562. The second-order valence-corrected chi connectivity index (χ2v) is 6.81. The number of nitrogens with one attached hydrogen (secondary N) is 2. The van der Waals surface area contributed by atoms with Crippen LogP contribution in [0.25, 0.3) is 5.78 Å². The van der Waals surface area contributed by atoms with Crippen molar-refractivity contribution in [2.45, 2.75) is 53.0 Å². The van der Waals surface area contributed by atoms with Gasteiger partial charge in [-0.1, -0.05) is 0 Å². The summed E-state index contributed by atoms with van der Waals surface area (Å²) in [4.78, 5) is 32.1. The number of fused-ring (bicyclic) bond motifs is 1. The minimum Gasteiger partial charge on any atom is -0.350 e. The molecule has 130 valence electrons. The van der Waals surface area contributed by atoms with Crippen LogP contribution >= 0.6 is 0 Å². The molecular formula is C16H24N6O2. The van der Waals surface area contributed by atoms with Crippen molar-refractivity contribution in [3.8, 4) is 0 Å². The summed E-state index contributed by atoms with van der Waals surface area (Å²) in [5.41, 5.74) is 2.43. The van der Waals surface area contributed by atoms with Gasteiger partial charge in [-0.3, -0.25) is 9.59 Å². The molecular weight excluding hydrogens is 308 g/mol. The SMILES string of the molecule is Cc1nc2ncnn2c(C)c1CCC(=O)NCC(=O)NC(C)(C)C. The maximum atomic E-state index is 12.0. The van der Waals surface area contributed by atoms with Crippen LogP contribution in [0.2, 0.25) is 0 Å². The van der Waals surface area contributed by atoms with E-state index in [4.69, 9.17) is 0 Å². The lowest BCUT2D eigenvalue weighted by atomic mass is 10.1. The van der Waals surface area contributed by atoms with Crippen LogP contribution < -0.4 is 10.6 Å². The summed E-state index contributed by atoms with van der Waals surface area (Å²) in [6, 6.07) is 0. The van der Waals surface area contributed by atoms with Crippen molar-refractivity contribution in [1.82, 2.24) is 30.2 Å². The molecule has 0 aliphatic heterocycles. The average Bonchev–Trinajstić information content (AvgIpc) is 2.91. The zero-order chi connectivity index (χ0) is 17.9. The maximum Gasteiger partial charge on any atom is 0.252 e. The molecule has 2 heterocycles. The van der Waals surface area contributed by atoms with Crippen LogP contribution in [0, 0.1) is 13.8 Å². The van der Waals surface area contributed by atoms with Gasteiger partial charge < -0.3 is 10.6 Å². The zero-order valence-corrected chi connectivity index (χ0v) is 14.8. The summed E-state index contributed by atoms with van der Waals surface area (Å²) < 4.78 is 1.66. The quantitative estimate of drug-likeness (QED) is 0.839. The van der Waals surface area contributed by atoms with Crippen LogP contribution in [0.3, 0.4) is 0 Å². The summed E-state index contributed by atoms with van der Waals surface area (Å²) in [5, 5.41) is 9.57. The van der Waals surface area contributed by atoms with E-state index < -0.39 is 0 Å². The minimum absolute atomic E-state index is 0.0194. The lowest BCUT2D eigenvalue weighted by Crippen LogP contribution is -2.45. The van der Waals surface area contributed by atoms with Crippen LogP contribution in [0.15, 0.2) is 6.33 Å². The molecule has 24 heavy (non-hydrogen) atoms. The molecule has 2 aromatic heterocycles. The van der Waals surface area contributed by atoms with Crippen LogP contribution in [-0.2, 0) is 16.0 Å². The predicted octanol–water partition coefficient (Wildman–Crippen LogP) is 0.705. The standard InChI is InChI=1S/C16H24N6O2/c1-10-12(11(2)22-15(20-10)18-9-19-22)6-7-13(23)17-8-14(24)21-16(3,4)5/h9H,6-8H2,1-5H3,(H,17,23)(H,21,24). The van der Waals surface area contributed by atoms with Gasteiger partial charge in [0, 0.05) is 23.3 Å². The molecule has 0 aliphatic rings. The third kappa shape index (κ3) is 4.50. The highest BCUT2D eigenvalue weighted by atomic mass is 16.2.